The van der Waals surface area contributed by atoms with Gasteiger partial charge in [0.05, 0.1) is 11.8 Å². The molecule has 17 heavy (non-hydrogen) atoms. The number of carbonyl (C=O) groups excluding carboxylic acids is 1. The third kappa shape index (κ3) is 1.73. The third-order valence-electron chi connectivity index (χ3n) is 3.72. The van der Waals surface area contributed by atoms with E-state index in [0.717, 1.165) is 18.4 Å². The maximum Gasteiger partial charge on any atom is 0.231 e. The minimum Gasteiger partial charge on any atom is -0.299 e. The number of nitrogens with zero attached hydrogens (tertiary/aromatic N) is 1. The van der Waals surface area contributed by atoms with E-state index in [9.17, 15) is 14.9 Å². The van der Waals surface area contributed by atoms with Crippen molar-refractivity contribution in [3.8, 4) is 0 Å². The second kappa shape index (κ2) is 3.65. The molecule has 88 valence electrons. The van der Waals surface area contributed by atoms with Gasteiger partial charge >= 0.3 is 0 Å². The van der Waals surface area contributed by atoms with Crippen LogP contribution in [0.15, 0.2) is 30.3 Å². The van der Waals surface area contributed by atoms with Gasteiger partial charge in [0.25, 0.3) is 0 Å². The molecular weight excluding hydrogens is 218 g/mol. The number of hydrogen-bond donors (Lipinski definition) is 0. The Morgan fingerprint density at radius 1 is 1.24 bits per heavy atom. The first-order valence-corrected chi connectivity index (χ1v) is 5.92. The molecule has 4 nitrogen and oxygen atoms in total. The number of carbonyl (C=O) groups is 1. The second-order valence-electron chi connectivity index (χ2n) is 4.91. The second-order valence-corrected chi connectivity index (χ2v) is 4.91. The van der Waals surface area contributed by atoms with Crippen LogP contribution < -0.4 is 0 Å². The first-order valence-electron chi connectivity index (χ1n) is 5.92. The number of nitro groups is 1. The fourth-order valence-electron chi connectivity index (χ4n) is 2.62. The summed E-state index contributed by atoms with van der Waals surface area (Å²) in [5, 5.41) is 11.0. The summed E-state index contributed by atoms with van der Waals surface area (Å²) in [6.07, 6.45) is 1.84. The first kappa shape index (κ1) is 10.4. The van der Waals surface area contributed by atoms with Crippen molar-refractivity contribution in [3.05, 3.63) is 46.0 Å². The van der Waals surface area contributed by atoms with E-state index in [-0.39, 0.29) is 28.5 Å². The maximum atomic E-state index is 12.0. The van der Waals surface area contributed by atoms with Crippen molar-refractivity contribution >= 4 is 5.78 Å². The Morgan fingerprint density at radius 2 is 1.88 bits per heavy atom. The molecule has 0 N–H and O–H groups in total. The molecule has 2 aliphatic rings. The van der Waals surface area contributed by atoms with E-state index in [1.54, 1.807) is 0 Å². The summed E-state index contributed by atoms with van der Waals surface area (Å²) in [6, 6.07) is 8.67. The molecule has 2 saturated carbocycles. The Labute approximate surface area is 98.8 Å². The molecule has 1 aromatic rings. The molecule has 0 spiro atoms. The normalized spacial score (nSPS) is 30.9. The highest BCUT2D eigenvalue weighted by Gasteiger charge is 2.66. The van der Waals surface area contributed by atoms with Crippen molar-refractivity contribution < 1.29 is 9.72 Å². The number of Topliss-reactive ketones (excluding diaryl/α,β-unsaturated/α-hetero) is 1. The molecule has 2 aliphatic carbocycles. The summed E-state index contributed by atoms with van der Waals surface area (Å²) in [6.45, 7) is 0. The van der Waals surface area contributed by atoms with Crippen LogP contribution in [0.25, 0.3) is 0 Å². The van der Waals surface area contributed by atoms with Crippen LogP contribution in [0, 0.1) is 22.0 Å². The zero-order valence-electron chi connectivity index (χ0n) is 9.28. The van der Waals surface area contributed by atoms with Crippen molar-refractivity contribution in [1.82, 2.24) is 0 Å². The Balaban J connectivity index is 1.84. The molecule has 3 unspecified atom stereocenters. The monoisotopic (exact) mass is 231 g/mol. The van der Waals surface area contributed by atoms with Gasteiger partial charge in [0, 0.05) is 10.8 Å². The van der Waals surface area contributed by atoms with E-state index in [1.807, 2.05) is 30.3 Å². The molecule has 0 heterocycles. The molecule has 3 rings (SSSR count). The largest absolute Gasteiger partial charge is 0.299 e. The maximum absolute atomic E-state index is 12.0. The van der Waals surface area contributed by atoms with Gasteiger partial charge < -0.3 is 0 Å². The molecule has 0 radical (unpaired) electrons. The lowest BCUT2D eigenvalue weighted by atomic mass is 10.1. The molecule has 0 saturated heterocycles. The zero-order valence-corrected chi connectivity index (χ0v) is 9.28. The average molecular weight is 231 g/mol. The van der Waals surface area contributed by atoms with Gasteiger partial charge in [-0.05, 0) is 18.4 Å². The highest BCUT2D eigenvalue weighted by atomic mass is 16.6. The standard InChI is InChI=1S/C13H13NO3/c15-13(9-6-7-9)11-10(12(11)14(16)17)8-4-2-1-3-5-8/h1-5,9-12H,6-7H2. The van der Waals surface area contributed by atoms with Crippen LogP contribution in [0.4, 0.5) is 0 Å². The fourth-order valence-corrected chi connectivity index (χ4v) is 2.62. The highest BCUT2D eigenvalue weighted by Crippen LogP contribution is 2.53. The summed E-state index contributed by atoms with van der Waals surface area (Å²) in [7, 11) is 0. The molecule has 0 amide bonds. The quantitative estimate of drug-likeness (QED) is 0.588. The van der Waals surface area contributed by atoms with Gasteiger partial charge in [0.1, 0.15) is 5.78 Å². The van der Waals surface area contributed by atoms with Gasteiger partial charge in [-0.25, -0.2) is 0 Å². The number of ketones is 1. The smallest absolute Gasteiger partial charge is 0.231 e. The van der Waals surface area contributed by atoms with Crippen molar-refractivity contribution in [2.75, 3.05) is 0 Å². The zero-order chi connectivity index (χ0) is 12.0. The summed E-state index contributed by atoms with van der Waals surface area (Å²) in [4.78, 5) is 22.6. The van der Waals surface area contributed by atoms with Crippen LogP contribution in [-0.4, -0.2) is 16.7 Å². The molecule has 2 fully saturated rings. The van der Waals surface area contributed by atoms with Crippen molar-refractivity contribution in [2.45, 2.75) is 24.8 Å². The fraction of sp³-hybridized carbons (Fsp3) is 0.462. The van der Waals surface area contributed by atoms with E-state index < -0.39 is 6.04 Å². The van der Waals surface area contributed by atoms with E-state index in [2.05, 4.69) is 0 Å². The summed E-state index contributed by atoms with van der Waals surface area (Å²) in [5.74, 6) is -0.351. The predicted molar refractivity (Wildman–Crippen MR) is 61.2 cm³/mol. The first-order chi connectivity index (χ1) is 8.20. The molecule has 4 heteroatoms. The Morgan fingerprint density at radius 3 is 2.41 bits per heavy atom. The minimum absolute atomic E-state index is 0.108. The van der Waals surface area contributed by atoms with Crippen molar-refractivity contribution in [3.63, 3.8) is 0 Å². The average Bonchev–Trinajstić information content (AvgIpc) is 3.21. The van der Waals surface area contributed by atoms with Crippen LogP contribution in [-0.2, 0) is 4.79 Å². The van der Waals surface area contributed by atoms with E-state index in [1.165, 1.54) is 0 Å². The van der Waals surface area contributed by atoms with E-state index in [0.29, 0.717) is 0 Å². The van der Waals surface area contributed by atoms with E-state index in [4.69, 9.17) is 0 Å². The molecule has 0 aromatic heterocycles. The van der Waals surface area contributed by atoms with Crippen LogP contribution in [0.1, 0.15) is 24.3 Å². The lowest BCUT2D eigenvalue weighted by Gasteiger charge is -1.96. The van der Waals surface area contributed by atoms with Crippen molar-refractivity contribution in [1.29, 1.82) is 0 Å². The number of benzene rings is 1. The molecule has 0 aliphatic heterocycles. The molecule has 1 aromatic carbocycles. The minimum atomic E-state index is -0.689. The van der Waals surface area contributed by atoms with Gasteiger partial charge in [0.15, 0.2) is 0 Å². The van der Waals surface area contributed by atoms with Crippen LogP contribution >= 0.6 is 0 Å². The topological polar surface area (TPSA) is 60.2 Å². The summed E-state index contributed by atoms with van der Waals surface area (Å²) < 4.78 is 0. The third-order valence-corrected chi connectivity index (χ3v) is 3.72. The lowest BCUT2D eigenvalue weighted by molar-refractivity contribution is -0.498. The van der Waals surface area contributed by atoms with Crippen molar-refractivity contribution in [2.24, 2.45) is 11.8 Å². The highest BCUT2D eigenvalue weighted by molar-refractivity contribution is 5.90. The Hall–Kier alpha value is -1.71. The summed E-state index contributed by atoms with van der Waals surface area (Å²) >= 11 is 0. The van der Waals surface area contributed by atoms with Gasteiger partial charge in [0.2, 0.25) is 6.04 Å². The van der Waals surface area contributed by atoms with Gasteiger partial charge in [-0.3, -0.25) is 14.9 Å². The van der Waals surface area contributed by atoms with Gasteiger partial charge in [-0.1, -0.05) is 30.3 Å². The van der Waals surface area contributed by atoms with E-state index >= 15 is 0 Å². The lowest BCUT2D eigenvalue weighted by Crippen LogP contribution is -2.11. The molecule has 0 bridgehead atoms. The number of rotatable bonds is 4. The SMILES string of the molecule is O=C(C1CC1)C1C(c2ccccc2)C1[N+](=O)[O-]. The number of hydrogen-bond acceptors (Lipinski definition) is 3. The Kier molecular flexibility index (Phi) is 2.24. The predicted octanol–water partition coefficient (Wildman–Crippen LogP) is 2.02. The molecular formula is C13H13NO3. The van der Waals surface area contributed by atoms with Crippen LogP contribution in [0.5, 0.6) is 0 Å². The van der Waals surface area contributed by atoms with Crippen LogP contribution in [0.2, 0.25) is 0 Å². The summed E-state index contributed by atoms with van der Waals surface area (Å²) in [5.41, 5.74) is 0.924. The molecule has 3 atom stereocenters. The van der Waals surface area contributed by atoms with Crippen LogP contribution in [0.3, 0.4) is 0 Å². The van der Waals surface area contributed by atoms with Gasteiger partial charge in [-0.2, -0.15) is 0 Å². The van der Waals surface area contributed by atoms with Gasteiger partial charge in [-0.15, -0.1) is 0 Å². The Bertz CT molecular complexity index is 467.